The maximum atomic E-state index is 6.07. The van der Waals surface area contributed by atoms with Crippen molar-refractivity contribution in [1.29, 1.82) is 0 Å². The first-order valence-electron chi connectivity index (χ1n) is 7.41. The maximum Gasteiger partial charge on any atom is 0.0195 e. The topological polar surface area (TPSA) is 32.5 Å². The van der Waals surface area contributed by atoms with Crippen molar-refractivity contribution in [2.75, 3.05) is 32.7 Å². The molecular formula is C14H29N3. The van der Waals surface area contributed by atoms with Gasteiger partial charge in [-0.05, 0) is 38.6 Å². The van der Waals surface area contributed by atoms with Crippen molar-refractivity contribution < 1.29 is 0 Å². The van der Waals surface area contributed by atoms with E-state index in [1.807, 2.05) is 0 Å². The Balaban J connectivity index is 1.76. The lowest BCUT2D eigenvalue weighted by Gasteiger charge is -2.41. The molecule has 0 spiro atoms. The van der Waals surface area contributed by atoms with Crippen molar-refractivity contribution in [3.05, 3.63) is 0 Å². The second kappa shape index (κ2) is 6.17. The summed E-state index contributed by atoms with van der Waals surface area (Å²) in [7, 11) is 0. The van der Waals surface area contributed by atoms with E-state index in [-0.39, 0.29) is 0 Å². The minimum atomic E-state index is 0.475. The smallest absolute Gasteiger partial charge is 0.0195 e. The summed E-state index contributed by atoms with van der Waals surface area (Å²) in [5, 5.41) is 0. The molecule has 100 valence electrons. The van der Waals surface area contributed by atoms with Crippen LogP contribution in [-0.4, -0.2) is 54.6 Å². The van der Waals surface area contributed by atoms with Crippen LogP contribution in [-0.2, 0) is 0 Å². The number of nitrogens with two attached hydrogens (primary N) is 1. The van der Waals surface area contributed by atoms with Crippen LogP contribution in [0.4, 0.5) is 0 Å². The molecule has 1 aliphatic heterocycles. The molecule has 2 N–H and O–H groups in total. The lowest BCUT2D eigenvalue weighted by Crippen LogP contribution is -2.52. The minimum absolute atomic E-state index is 0.475. The SMILES string of the molecule is CCN1CCN(CC2CCCC(N)C2)CC1C. The highest BCUT2D eigenvalue weighted by Crippen LogP contribution is 2.24. The highest BCUT2D eigenvalue weighted by Gasteiger charge is 2.26. The summed E-state index contributed by atoms with van der Waals surface area (Å²) in [6.07, 6.45) is 5.24. The number of piperazine rings is 1. The molecule has 2 rings (SSSR count). The average molecular weight is 239 g/mol. The molecule has 1 saturated heterocycles. The minimum Gasteiger partial charge on any atom is -0.328 e. The first-order chi connectivity index (χ1) is 8.19. The molecule has 1 heterocycles. The molecule has 3 heteroatoms. The van der Waals surface area contributed by atoms with Gasteiger partial charge in [0.1, 0.15) is 0 Å². The first kappa shape index (κ1) is 13.3. The van der Waals surface area contributed by atoms with E-state index < -0.39 is 0 Å². The number of nitrogens with zero attached hydrogens (tertiary/aromatic N) is 2. The van der Waals surface area contributed by atoms with E-state index in [0.29, 0.717) is 6.04 Å². The van der Waals surface area contributed by atoms with Gasteiger partial charge in [0.05, 0.1) is 0 Å². The molecule has 17 heavy (non-hydrogen) atoms. The Bertz CT molecular complexity index is 232. The Morgan fingerprint density at radius 1 is 1.24 bits per heavy atom. The van der Waals surface area contributed by atoms with Crippen molar-refractivity contribution in [2.24, 2.45) is 11.7 Å². The van der Waals surface area contributed by atoms with Crippen molar-refractivity contribution in [3.8, 4) is 0 Å². The van der Waals surface area contributed by atoms with Gasteiger partial charge in [0.15, 0.2) is 0 Å². The number of hydrogen-bond donors (Lipinski definition) is 1. The van der Waals surface area contributed by atoms with Crippen molar-refractivity contribution >= 4 is 0 Å². The number of hydrogen-bond acceptors (Lipinski definition) is 3. The predicted molar refractivity (Wildman–Crippen MR) is 73.1 cm³/mol. The third-order valence-corrected chi connectivity index (χ3v) is 4.60. The van der Waals surface area contributed by atoms with Crippen molar-refractivity contribution in [3.63, 3.8) is 0 Å². The molecule has 2 fully saturated rings. The van der Waals surface area contributed by atoms with Gasteiger partial charge >= 0.3 is 0 Å². The number of rotatable bonds is 3. The van der Waals surface area contributed by atoms with E-state index in [4.69, 9.17) is 5.73 Å². The van der Waals surface area contributed by atoms with Gasteiger partial charge in [-0.3, -0.25) is 4.90 Å². The molecule has 1 aliphatic carbocycles. The van der Waals surface area contributed by atoms with Gasteiger partial charge in [0.2, 0.25) is 0 Å². The third-order valence-electron chi connectivity index (χ3n) is 4.60. The summed E-state index contributed by atoms with van der Waals surface area (Å²) in [5.41, 5.74) is 6.07. The average Bonchev–Trinajstić information content (AvgIpc) is 2.29. The highest BCUT2D eigenvalue weighted by atomic mass is 15.3. The van der Waals surface area contributed by atoms with Crippen molar-refractivity contribution in [2.45, 2.75) is 51.6 Å². The van der Waals surface area contributed by atoms with Gasteiger partial charge in [-0.1, -0.05) is 13.3 Å². The summed E-state index contributed by atoms with van der Waals surface area (Å²) in [4.78, 5) is 5.25. The highest BCUT2D eigenvalue weighted by molar-refractivity contribution is 4.82. The molecule has 1 saturated carbocycles. The van der Waals surface area contributed by atoms with Crippen LogP contribution in [0.2, 0.25) is 0 Å². The Hall–Kier alpha value is -0.120. The second-order valence-electron chi connectivity index (χ2n) is 6.03. The van der Waals surface area contributed by atoms with E-state index >= 15 is 0 Å². The Labute approximate surface area is 106 Å². The molecule has 3 nitrogen and oxygen atoms in total. The van der Waals surface area contributed by atoms with Gasteiger partial charge in [0.25, 0.3) is 0 Å². The van der Waals surface area contributed by atoms with Crippen LogP contribution >= 0.6 is 0 Å². The van der Waals surface area contributed by atoms with Gasteiger partial charge in [0, 0.05) is 38.3 Å². The van der Waals surface area contributed by atoms with Gasteiger partial charge in [-0.25, -0.2) is 0 Å². The standard InChI is InChI=1S/C14H29N3/c1-3-17-8-7-16(10-12(17)2)11-13-5-4-6-14(15)9-13/h12-14H,3-11,15H2,1-2H3. The zero-order chi connectivity index (χ0) is 12.3. The van der Waals surface area contributed by atoms with E-state index in [1.54, 1.807) is 0 Å². The molecule has 0 amide bonds. The van der Waals surface area contributed by atoms with Gasteiger partial charge in [-0.15, -0.1) is 0 Å². The molecule has 2 aliphatic rings. The van der Waals surface area contributed by atoms with Crippen LogP contribution in [0.5, 0.6) is 0 Å². The second-order valence-corrected chi connectivity index (χ2v) is 6.03. The van der Waals surface area contributed by atoms with Gasteiger partial charge < -0.3 is 10.6 Å². The van der Waals surface area contributed by atoms with Gasteiger partial charge in [-0.2, -0.15) is 0 Å². The fraction of sp³-hybridized carbons (Fsp3) is 1.00. The number of likely N-dealkylation sites (N-methyl/N-ethyl adjacent to an activating group) is 1. The molecule has 3 unspecified atom stereocenters. The van der Waals surface area contributed by atoms with E-state index in [9.17, 15) is 0 Å². The van der Waals surface area contributed by atoms with Crippen LogP contribution in [0.1, 0.15) is 39.5 Å². The lowest BCUT2D eigenvalue weighted by atomic mass is 9.85. The predicted octanol–water partition coefficient (Wildman–Crippen LogP) is 1.53. The first-order valence-corrected chi connectivity index (χ1v) is 7.41. The largest absolute Gasteiger partial charge is 0.328 e. The summed E-state index contributed by atoms with van der Waals surface area (Å²) in [6, 6.07) is 1.20. The molecular weight excluding hydrogens is 210 g/mol. The molecule has 0 aromatic heterocycles. The van der Waals surface area contributed by atoms with E-state index in [0.717, 1.165) is 12.0 Å². The van der Waals surface area contributed by atoms with Crippen molar-refractivity contribution in [1.82, 2.24) is 9.80 Å². The quantitative estimate of drug-likeness (QED) is 0.811. The maximum absolute atomic E-state index is 6.07. The van der Waals surface area contributed by atoms with Crippen LogP contribution in [0.25, 0.3) is 0 Å². The molecule has 0 radical (unpaired) electrons. The van der Waals surface area contributed by atoms with E-state index in [2.05, 4.69) is 23.6 Å². The Kier molecular flexibility index (Phi) is 4.83. The molecule has 0 bridgehead atoms. The fourth-order valence-corrected chi connectivity index (χ4v) is 3.57. The van der Waals surface area contributed by atoms with Crippen LogP contribution in [0, 0.1) is 5.92 Å². The molecule has 0 aromatic carbocycles. The summed E-state index contributed by atoms with van der Waals surface area (Å²) < 4.78 is 0. The molecule has 0 aromatic rings. The third kappa shape index (κ3) is 3.67. The zero-order valence-electron chi connectivity index (χ0n) is 11.6. The lowest BCUT2D eigenvalue weighted by molar-refractivity contribution is 0.0708. The normalized spacial score (nSPS) is 37.2. The van der Waals surface area contributed by atoms with Crippen LogP contribution < -0.4 is 5.73 Å². The van der Waals surface area contributed by atoms with Crippen LogP contribution in [0.15, 0.2) is 0 Å². The summed E-state index contributed by atoms with van der Waals surface area (Å²) in [6.45, 7) is 10.9. The monoisotopic (exact) mass is 239 g/mol. The Morgan fingerprint density at radius 2 is 2.06 bits per heavy atom. The fourth-order valence-electron chi connectivity index (χ4n) is 3.57. The van der Waals surface area contributed by atoms with Crippen LogP contribution in [0.3, 0.4) is 0 Å². The zero-order valence-corrected chi connectivity index (χ0v) is 11.6. The summed E-state index contributed by atoms with van der Waals surface area (Å²) in [5.74, 6) is 0.860. The van der Waals surface area contributed by atoms with E-state index in [1.165, 1.54) is 58.4 Å². The Morgan fingerprint density at radius 3 is 2.71 bits per heavy atom. The summed E-state index contributed by atoms with van der Waals surface area (Å²) >= 11 is 0. The molecule has 3 atom stereocenters.